The molecule has 1 saturated heterocycles. The number of nitrogens with zero attached hydrogens (tertiary/aromatic N) is 1. The lowest BCUT2D eigenvalue weighted by atomic mass is 9.88. The summed E-state index contributed by atoms with van der Waals surface area (Å²) in [6.07, 6.45) is 1.96. The normalized spacial score (nSPS) is 17.5. The summed E-state index contributed by atoms with van der Waals surface area (Å²) in [6, 6.07) is 21.9. The zero-order chi connectivity index (χ0) is 19.5. The van der Waals surface area contributed by atoms with Gasteiger partial charge in [-0.25, -0.2) is 0 Å². The minimum absolute atomic E-state index is 0.0237. The molecule has 1 aliphatic rings. The van der Waals surface area contributed by atoms with E-state index >= 15 is 0 Å². The van der Waals surface area contributed by atoms with Gasteiger partial charge in [0.15, 0.2) is 11.6 Å². The molecule has 3 aromatic rings. The van der Waals surface area contributed by atoms with Crippen molar-refractivity contribution in [3.05, 3.63) is 83.4 Å². The van der Waals surface area contributed by atoms with E-state index in [1.54, 1.807) is 6.92 Å². The van der Waals surface area contributed by atoms with Crippen LogP contribution in [0.4, 0.5) is 0 Å². The zero-order valence-corrected chi connectivity index (χ0v) is 16.2. The molecule has 28 heavy (non-hydrogen) atoms. The third-order valence-electron chi connectivity index (χ3n) is 5.67. The van der Waals surface area contributed by atoms with E-state index in [0.717, 1.165) is 59.9 Å². The molecule has 0 amide bonds. The highest BCUT2D eigenvalue weighted by Gasteiger charge is 2.27. The molecule has 0 bridgehead atoms. The summed E-state index contributed by atoms with van der Waals surface area (Å²) in [4.78, 5) is 27.3. The van der Waals surface area contributed by atoms with Crippen LogP contribution < -0.4 is 0 Å². The van der Waals surface area contributed by atoms with E-state index in [9.17, 15) is 9.59 Å². The third kappa shape index (κ3) is 3.90. The molecule has 1 fully saturated rings. The van der Waals surface area contributed by atoms with E-state index in [1.807, 2.05) is 48.5 Å². The Morgan fingerprint density at radius 1 is 1.00 bits per heavy atom. The molecule has 1 atom stereocenters. The van der Waals surface area contributed by atoms with Gasteiger partial charge in [-0.15, -0.1) is 0 Å². The molecule has 1 heterocycles. The van der Waals surface area contributed by atoms with E-state index in [2.05, 4.69) is 23.1 Å². The highest BCUT2D eigenvalue weighted by atomic mass is 16.1. The van der Waals surface area contributed by atoms with Crippen LogP contribution in [0.1, 0.15) is 46.0 Å². The van der Waals surface area contributed by atoms with Gasteiger partial charge in [-0.3, -0.25) is 14.5 Å². The molecule has 0 radical (unpaired) electrons. The lowest BCUT2D eigenvalue weighted by Gasteiger charge is -2.32. The molecule has 1 aliphatic heterocycles. The zero-order valence-electron chi connectivity index (χ0n) is 16.2. The standard InChI is InChI=1S/C25H25NO2/c1-18(27)21-10-4-7-19(15-21)16-26-14-6-11-22(17-26)25(28)24-13-5-9-20-8-2-3-12-23(20)24/h2-5,7-10,12-13,15,22H,6,11,14,16-17H2,1H3/t22-/m0/s1. The quantitative estimate of drug-likeness (QED) is 0.583. The summed E-state index contributed by atoms with van der Waals surface area (Å²) in [5.41, 5.74) is 2.72. The number of rotatable bonds is 5. The number of carbonyl (C=O) groups is 2. The minimum Gasteiger partial charge on any atom is -0.298 e. The molecule has 0 N–H and O–H groups in total. The van der Waals surface area contributed by atoms with Gasteiger partial charge in [0.2, 0.25) is 0 Å². The first-order chi connectivity index (χ1) is 13.6. The first-order valence-electron chi connectivity index (χ1n) is 9.96. The number of hydrogen-bond donors (Lipinski definition) is 0. The molecule has 0 spiro atoms. The van der Waals surface area contributed by atoms with Gasteiger partial charge in [-0.1, -0.05) is 60.7 Å². The van der Waals surface area contributed by atoms with Crippen LogP contribution in [0.3, 0.4) is 0 Å². The smallest absolute Gasteiger partial charge is 0.167 e. The average Bonchev–Trinajstić information content (AvgIpc) is 2.73. The van der Waals surface area contributed by atoms with Crippen molar-refractivity contribution in [3.8, 4) is 0 Å². The lowest BCUT2D eigenvalue weighted by molar-refractivity contribution is 0.0813. The van der Waals surface area contributed by atoms with Gasteiger partial charge in [0.1, 0.15) is 0 Å². The molecule has 4 rings (SSSR count). The summed E-state index contributed by atoms with van der Waals surface area (Å²) < 4.78 is 0. The third-order valence-corrected chi connectivity index (χ3v) is 5.67. The Labute approximate surface area is 166 Å². The van der Waals surface area contributed by atoms with Crippen molar-refractivity contribution >= 4 is 22.3 Å². The molecular weight excluding hydrogens is 346 g/mol. The van der Waals surface area contributed by atoms with Crippen LogP contribution >= 0.6 is 0 Å². The van der Waals surface area contributed by atoms with Crippen molar-refractivity contribution < 1.29 is 9.59 Å². The Bertz CT molecular complexity index is 1020. The summed E-state index contributed by atoms with van der Waals surface area (Å²) in [5, 5.41) is 2.16. The number of Topliss-reactive ketones (excluding diaryl/α,β-unsaturated/α-hetero) is 2. The topological polar surface area (TPSA) is 37.4 Å². The van der Waals surface area contributed by atoms with Gasteiger partial charge in [0.25, 0.3) is 0 Å². The molecule has 3 aromatic carbocycles. The van der Waals surface area contributed by atoms with Crippen LogP contribution in [0.5, 0.6) is 0 Å². The molecule has 3 heteroatoms. The maximum atomic E-state index is 13.3. The Balaban J connectivity index is 1.51. The van der Waals surface area contributed by atoms with Crippen LogP contribution in [-0.2, 0) is 6.54 Å². The van der Waals surface area contributed by atoms with E-state index in [-0.39, 0.29) is 17.5 Å². The van der Waals surface area contributed by atoms with Gasteiger partial charge in [-0.05, 0) is 48.7 Å². The predicted molar refractivity (Wildman–Crippen MR) is 113 cm³/mol. The predicted octanol–water partition coefficient (Wildman–Crippen LogP) is 5.14. The lowest BCUT2D eigenvalue weighted by Crippen LogP contribution is -2.38. The highest BCUT2D eigenvalue weighted by Crippen LogP contribution is 2.26. The number of ketones is 2. The summed E-state index contributed by atoms with van der Waals surface area (Å²) >= 11 is 0. The van der Waals surface area contributed by atoms with Crippen LogP contribution in [0.2, 0.25) is 0 Å². The van der Waals surface area contributed by atoms with Gasteiger partial charge in [0, 0.05) is 30.1 Å². The van der Waals surface area contributed by atoms with E-state index < -0.39 is 0 Å². The summed E-state index contributed by atoms with van der Waals surface area (Å²) in [5.74, 6) is 0.360. The van der Waals surface area contributed by atoms with Gasteiger partial charge >= 0.3 is 0 Å². The highest BCUT2D eigenvalue weighted by molar-refractivity contribution is 6.09. The van der Waals surface area contributed by atoms with Gasteiger partial charge < -0.3 is 0 Å². The molecule has 0 aliphatic carbocycles. The Hall–Kier alpha value is -2.78. The maximum Gasteiger partial charge on any atom is 0.167 e. The van der Waals surface area contributed by atoms with Crippen LogP contribution in [-0.4, -0.2) is 29.6 Å². The van der Waals surface area contributed by atoms with E-state index in [1.165, 1.54) is 0 Å². The van der Waals surface area contributed by atoms with Crippen molar-refractivity contribution in [3.63, 3.8) is 0 Å². The molecule has 0 aromatic heterocycles. The molecule has 0 saturated carbocycles. The molecule has 142 valence electrons. The van der Waals surface area contributed by atoms with E-state index in [4.69, 9.17) is 0 Å². The van der Waals surface area contributed by atoms with Crippen molar-refractivity contribution in [1.82, 2.24) is 4.90 Å². The minimum atomic E-state index is 0.0237. The summed E-state index contributed by atoms with van der Waals surface area (Å²) in [7, 11) is 0. The van der Waals surface area contributed by atoms with E-state index in [0.29, 0.717) is 0 Å². The number of hydrogen-bond acceptors (Lipinski definition) is 3. The number of fused-ring (bicyclic) bond motifs is 1. The Kier molecular flexibility index (Phi) is 5.36. The fourth-order valence-corrected chi connectivity index (χ4v) is 4.22. The number of benzene rings is 3. The fraction of sp³-hybridized carbons (Fsp3) is 0.280. The first kappa shape index (κ1) is 18.6. The van der Waals surface area contributed by atoms with Crippen LogP contribution in [0.25, 0.3) is 10.8 Å². The maximum absolute atomic E-state index is 13.3. The monoisotopic (exact) mass is 371 g/mol. The molecular formula is C25H25NO2. The van der Waals surface area contributed by atoms with Gasteiger partial charge in [-0.2, -0.15) is 0 Å². The van der Waals surface area contributed by atoms with Crippen molar-refractivity contribution in [2.24, 2.45) is 5.92 Å². The number of carbonyl (C=O) groups excluding carboxylic acids is 2. The second-order valence-electron chi connectivity index (χ2n) is 7.72. The first-order valence-corrected chi connectivity index (χ1v) is 9.96. The van der Waals surface area contributed by atoms with Crippen LogP contribution in [0, 0.1) is 5.92 Å². The largest absolute Gasteiger partial charge is 0.298 e. The number of likely N-dealkylation sites (tertiary alicyclic amines) is 1. The molecule has 0 unspecified atom stereocenters. The second kappa shape index (κ2) is 8.07. The van der Waals surface area contributed by atoms with Crippen molar-refractivity contribution in [1.29, 1.82) is 0 Å². The van der Waals surface area contributed by atoms with Crippen LogP contribution in [0.15, 0.2) is 66.7 Å². The average molecular weight is 371 g/mol. The Morgan fingerprint density at radius 2 is 1.79 bits per heavy atom. The Morgan fingerprint density at radius 3 is 2.64 bits per heavy atom. The van der Waals surface area contributed by atoms with Gasteiger partial charge in [0.05, 0.1) is 0 Å². The summed E-state index contributed by atoms with van der Waals surface area (Å²) in [6.45, 7) is 4.13. The fourth-order valence-electron chi connectivity index (χ4n) is 4.22. The van der Waals surface area contributed by atoms with Crippen molar-refractivity contribution in [2.75, 3.05) is 13.1 Å². The van der Waals surface area contributed by atoms with Crippen molar-refractivity contribution in [2.45, 2.75) is 26.3 Å². The molecule has 3 nitrogen and oxygen atoms in total. The number of piperidine rings is 1. The SMILES string of the molecule is CC(=O)c1cccc(CN2CCC[C@H](C(=O)c3cccc4ccccc34)C2)c1. The second-order valence-corrected chi connectivity index (χ2v) is 7.72.